The van der Waals surface area contributed by atoms with Crippen LogP contribution in [0.25, 0.3) is 0 Å². The van der Waals surface area contributed by atoms with Gasteiger partial charge in [-0.05, 0) is 18.2 Å². The molecule has 2 aromatic rings. The quantitative estimate of drug-likeness (QED) is 0.572. The Kier molecular flexibility index (Phi) is 6.93. The van der Waals surface area contributed by atoms with Crippen molar-refractivity contribution in [3.05, 3.63) is 58.1 Å². The van der Waals surface area contributed by atoms with Crippen LogP contribution in [0.1, 0.15) is 26.9 Å². The molecule has 144 valence electrons. The van der Waals surface area contributed by atoms with Gasteiger partial charge >= 0.3 is 17.6 Å². The molecule has 10 nitrogen and oxygen atoms in total. The Labute approximate surface area is 157 Å². The van der Waals surface area contributed by atoms with Crippen molar-refractivity contribution < 1.29 is 29.6 Å². The minimum Gasteiger partial charge on any atom is -0.478 e. The van der Waals surface area contributed by atoms with Crippen LogP contribution in [0.3, 0.4) is 0 Å². The molecular weight excluding hydrogens is 378 g/mol. The van der Waals surface area contributed by atoms with E-state index in [-0.39, 0.29) is 35.2 Å². The van der Waals surface area contributed by atoms with E-state index in [0.29, 0.717) is 5.75 Å². The number of aliphatic hydroxyl groups excluding tert-OH is 1. The number of hydrogen-bond acceptors (Lipinski definition) is 8. The number of nitrogens with two attached hydrogens (primary N) is 1. The molecule has 0 saturated carbocycles. The average Bonchev–Trinajstić information content (AvgIpc) is 3.11. The lowest BCUT2D eigenvalue weighted by molar-refractivity contribution is -0.00629. The van der Waals surface area contributed by atoms with Gasteiger partial charge in [-0.1, -0.05) is 12.1 Å². The maximum atomic E-state index is 11.4. The number of ether oxygens (including phenoxy) is 1. The van der Waals surface area contributed by atoms with Crippen LogP contribution in [0.5, 0.6) is 0 Å². The van der Waals surface area contributed by atoms with E-state index in [4.69, 9.17) is 25.8 Å². The van der Waals surface area contributed by atoms with Gasteiger partial charge in [0.15, 0.2) is 0 Å². The smallest absolute Gasteiger partial charge is 0.351 e. The molecule has 1 fully saturated rings. The van der Waals surface area contributed by atoms with Crippen LogP contribution in [-0.4, -0.2) is 54.6 Å². The molecule has 11 heteroatoms. The first kappa shape index (κ1) is 20.4. The number of carboxylic acids is 2. The number of aromatic carboxylic acids is 2. The van der Waals surface area contributed by atoms with E-state index in [1.807, 2.05) is 0 Å². The first-order valence-corrected chi connectivity index (χ1v) is 8.66. The number of carbonyl (C=O) groups is 2. The van der Waals surface area contributed by atoms with Gasteiger partial charge in [-0.2, -0.15) is 4.98 Å². The molecule has 27 heavy (non-hydrogen) atoms. The van der Waals surface area contributed by atoms with E-state index in [9.17, 15) is 14.4 Å². The number of nitrogens with zero attached hydrogens (tertiary/aromatic N) is 2. The van der Waals surface area contributed by atoms with Crippen molar-refractivity contribution >= 4 is 29.5 Å². The fourth-order valence-corrected chi connectivity index (χ4v) is 3.12. The van der Waals surface area contributed by atoms with Crippen molar-refractivity contribution in [1.29, 1.82) is 0 Å². The summed E-state index contributed by atoms with van der Waals surface area (Å²) in [6, 6.07) is 7.02. The Balaban J connectivity index is 0.000000199. The topological polar surface area (TPSA) is 165 Å². The molecule has 0 aliphatic carbocycles. The highest BCUT2D eigenvalue weighted by Gasteiger charge is 2.27. The van der Waals surface area contributed by atoms with Gasteiger partial charge in [0, 0.05) is 11.9 Å². The van der Waals surface area contributed by atoms with Gasteiger partial charge in [0.05, 0.1) is 17.7 Å². The Morgan fingerprint density at radius 2 is 1.81 bits per heavy atom. The summed E-state index contributed by atoms with van der Waals surface area (Å²) in [4.78, 5) is 36.0. The van der Waals surface area contributed by atoms with Gasteiger partial charge < -0.3 is 25.8 Å². The molecule has 0 amide bonds. The summed E-state index contributed by atoms with van der Waals surface area (Å²) < 4.78 is 6.79. The zero-order chi connectivity index (χ0) is 20.0. The molecular formula is C16H17N3O7S. The van der Waals surface area contributed by atoms with Gasteiger partial charge in [0.25, 0.3) is 0 Å². The molecule has 2 heterocycles. The van der Waals surface area contributed by atoms with Crippen molar-refractivity contribution in [3.63, 3.8) is 0 Å². The van der Waals surface area contributed by atoms with Crippen LogP contribution in [0.4, 0.5) is 5.82 Å². The van der Waals surface area contributed by atoms with Gasteiger partial charge in [0.2, 0.25) is 0 Å². The molecule has 2 unspecified atom stereocenters. The van der Waals surface area contributed by atoms with Crippen molar-refractivity contribution in [1.82, 2.24) is 9.55 Å². The monoisotopic (exact) mass is 395 g/mol. The third-order valence-electron chi connectivity index (χ3n) is 3.43. The molecule has 3 rings (SSSR count). The first-order valence-electron chi connectivity index (χ1n) is 7.61. The van der Waals surface area contributed by atoms with Gasteiger partial charge in [0.1, 0.15) is 17.5 Å². The molecule has 1 aliphatic heterocycles. The summed E-state index contributed by atoms with van der Waals surface area (Å²) in [6.07, 6.45) is 1.18. The highest BCUT2D eigenvalue weighted by Crippen LogP contribution is 2.30. The first-order chi connectivity index (χ1) is 12.8. The molecule has 0 radical (unpaired) electrons. The lowest BCUT2D eigenvalue weighted by atomic mass is 10.1. The number of benzene rings is 1. The molecule has 0 bridgehead atoms. The largest absolute Gasteiger partial charge is 0.478 e. The molecule has 1 aliphatic rings. The van der Waals surface area contributed by atoms with E-state index in [0.717, 1.165) is 0 Å². The highest BCUT2D eigenvalue weighted by molar-refractivity contribution is 8.00. The predicted molar refractivity (Wildman–Crippen MR) is 96.7 cm³/mol. The van der Waals surface area contributed by atoms with Crippen molar-refractivity contribution in [2.45, 2.75) is 11.7 Å². The maximum Gasteiger partial charge on any atom is 0.351 e. The summed E-state index contributed by atoms with van der Waals surface area (Å²) in [5, 5.41) is 26.0. The number of anilines is 1. The second-order valence-electron chi connectivity index (χ2n) is 5.23. The van der Waals surface area contributed by atoms with Crippen LogP contribution < -0.4 is 11.4 Å². The Bertz CT molecular complexity index is 853. The van der Waals surface area contributed by atoms with E-state index < -0.39 is 17.6 Å². The molecule has 1 saturated heterocycles. The van der Waals surface area contributed by atoms with E-state index in [1.54, 1.807) is 12.3 Å². The van der Waals surface area contributed by atoms with Crippen molar-refractivity contribution in [2.24, 2.45) is 0 Å². The summed E-state index contributed by atoms with van der Waals surface area (Å²) in [6.45, 7) is -0.0572. The normalized spacial score (nSPS) is 18.4. The van der Waals surface area contributed by atoms with Gasteiger partial charge in [-0.15, -0.1) is 11.8 Å². The SMILES string of the molecule is Nc1ccn(C2CSC(CO)O2)c(=O)n1.O=C(O)c1ccccc1C(=O)O. The van der Waals surface area contributed by atoms with Crippen LogP contribution in [-0.2, 0) is 4.74 Å². The number of nitrogen functional groups attached to an aromatic ring is 1. The number of carboxylic acid groups (broad SMARTS) is 2. The van der Waals surface area contributed by atoms with Crippen LogP contribution >= 0.6 is 11.8 Å². The fourth-order valence-electron chi connectivity index (χ4n) is 2.19. The summed E-state index contributed by atoms with van der Waals surface area (Å²) >= 11 is 1.47. The van der Waals surface area contributed by atoms with Gasteiger partial charge in [-0.25, -0.2) is 14.4 Å². The van der Waals surface area contributed by atoms with E-state index in [1.165, 1.54) is 40.6 Å². The van der Waals surface area contributed by atoms with Crippen molar-refractivity contribution in [3.8, 4) is 0 Å². The number of rotatable bonds is 4. The zero-order valence-electron chi connectivity index (χ0n) is 13.9. The predicted octanol–water partition coefficient (Wildman–Crippen LogP) is 0.489. The van der Waals surface area contributed by atoms with Crippen LogP contribution in [0.15, 0.2) is 41.3 Å². The maximum absolute atomic E-state index is 11.4. The fraction of sp³-hybridized carbons (Fsp3) is 0.250. The third kappa shape index (κ3) is 5.29. The number of thioether (sulfide) groups is 1. The molecule has 1 aromatic heterocycles. The summed E-state index contributed by atoms with van der Waals surface area (Å²) in [5.41, 5.74) is 4.29. The zero-order valence-corrected chi connectivity index (χ0v) is 14.7. The third-order valence-corrected chi connectivity index (χ3v) is 4.54. The number of hydrogen-bond donors (Lipinski definition) is 4. The van der Waals surface area contributed by atoms with E-state index >= 15 is 0 Å². The Morgan fingerprint density at radius 3 is 2.26 bits per heavy atom. The standard InChI is InChI=1S/C8H11N3O3S.C8H6O4/c9-5-1-2-11(8(13)10-5)6-4-15-7(3-12)14-6;9-7(10)5-3-1-2-4-6(5)8(11)12/h1-2,6-7,12H,3-4H2,(H2,9,10,13);1-4H,(H,9,10)(H,11,12). The number of aromatic nitrogens is 2. The van der Waals surface area contributed by atoms with Crippen LogP contribution in [0, 0.1) is 0 Å². The van der Waals surface area contributed by atoms with E-state index in [2.05, 4.69) is 4.98 Å². The molecule has 1 aromatic carbocycles. The lowest BCUT2D eigenvalue weighted by Gasteiger charge is -2.13. The second kappa shape index (κ2) is 9.16. The Morgan fingerprint density at radius 1 is 1.22 bits per heavy atom. The highest BCUT2D eigenvalue weighted by atomic mass is 32.2. The molecule has 2 atom stereocenters. The van der Waals surface area contributed by atoms with Crippen molar-refractivity contribution in [2.75, 3.05) is 18.1 Å². The minimum absolute atomic E-state index is 0.0572. The summed E-state index contributed by atoms with van der Waals surface area (Å²) in [5.74, 6) is -1.64. The number of aliphatic hydroxyl groups is 1. The summed E-state index contributed by atoms with van der Waals surface area (Å²) in [7, 11) is 0. The second-order valence-corrected chi connectivity index (χ2v) is 6.43. The lowest BCUT2D eigenvalue weighted by Crippen LogP contribution is -2.28. The van der Waals surface area contributed by atoms with Gasteiger partial charge in [-0.3, -0.25) is 4.57 Å². The minimum atomic E-state index is -1.23. The average molecular weight is 395 g/mol. The van der Waals surface area contributed by atoms with Crippen LogP contribution in [0.2, 0.25) is 0 Å². The Hall–Kier alpha value is -2.89. The molecule has 5 N–H and O–H groups in total. The molecule has 0 spiro atoms.